The quantitative estimate of drug-likeness (QED) is 0.404. The van der Waals surface area contributed by atoms with Crippen molar-refractivity contribution >= 4 is 56.4 Å². The second-order valence-corrected chi connectivity index (χ2v) is 7.53. The number of hydrogen-bond acceptors (Lipinski definition) is 2. The van der Waals surface area contributed by atoms with Gasteiger partial charge in [-0.1, -0.05) is 72.6 Å². The predicted molar refractivity (Wildman–Crippen MR) is 85.8 cm³/mol. The Morgan fingerprint density at radius 2 is 1.65 bits per heavy atom. The Morgan fingerprint density at radius 1 is 1.00 bits per heavy atom. The standard InChI is InChI=1S/C12H15Cl4NO2S/c1-2-3-4-5-6-17-20(18,19)9-7-8(13)10(14)12(16)11(9)15/h7,17H,2-6H2,1H3. The first kappa shape index (κ1) is 18.3. The zero-order chi connectivity index (χ0) is 15.3. The fourth-order valence-electron chi connectivity index (χ4n) is 1.58. The van der Waals surface area contributed by atoms with Gasteiger partial charge in [-0.05, 0) is 12.5 Å². The van der Waals surface area contributed by atoms with Crippen molar-refractivity contribution in [3.05, 3.63) is 26.2 Å². The molecule has 0 saturated carbocycles. The first-order valence-corrected chi connectivity index (χ1v) is 9.13. The van der Waals surface area contributed by atoms with Gasteiger partial charge in [-0.3, -0.25) is 0 Å². The molecule has 0 heterocycles. The SMILES string of the molecule is CCCCCCNS(=O)(=O)c1cc(Cl)c(Cl)c(Cl)c1Cl. The Kier molecular flexibility index (Phi) is 7.39. The van der Waals surface area contributed by atoms with Gasteiger partial charge < -0.3 is 0 Å². The maximum absolute atomic E-state index is 12.1. The van der Waals surface area contributed by atoms with E-state index in [1.54, 1.807) is 0 Å². The van der Waals surface area contributed by atoms with E-state index in [9.17, 15) is 8.42 Å². The Morgan fingerprint density at radius 3 is 2.25 bits per heavy atom. The van der Waals surface area contributed by atoms with Crippen molar-refractivity contribution in [2.24, 2.45) is 0 Å². The molecule has 1 aromatic rings. The van der Waals surface area contributed by atoms with Gasteiger partial charge in [0.05, 0.1) is 20.1 Å². The average Bonchev–Trinajstić information content (AvgIpc) is 2.40. The van der Waals surface area contributed by atoms with Gasteiger partial charge in [-0.25, -0.2) is 13.1 Å². The summed E-state index contributed by atoms with van der Waals surface area (Å²) >= 11 is 23.4. The lowest BCUT2D eigenvalue weighted by atomic mass is 10.2. The molecular formula is C12H15Cl4NO2S. The smallest absolute Gasteiger partial charge is 0.211 e. The minimum atomic E-state index is -3.75. The van der Waals surface area contributed by atoms with E-state index in [1.807, 2.05) is 0 Å². The maximum Gasteiger partial charge on any atom is 0.242 e. The molecule has 0 unspecified atom stereocenters. The van der Waals surface area contributed by atoms with Gasteiger partial charge >= 0.3 is 0 Å². The molecular weight excluding hydrogens is 364 g/mol. The zero-order valence-electron chi connectivity index (χ0n) is 10.8. The number of hydrogen-bond donors (Lipinski definition) is 1. The van der Waals surface area contributed by atoms with Crippen molar-refractivity contribution in [2.45, 2.75) is 37.5 Å². The minimum absolute atomic E-state index is 0.0419. The summed E-state index contributed by atoms with van der Waals surface area (Å²) in [5.41, 5.74) is 0. The summed E-state index contributed by atoms with van der Waals surface area (Å²) in [5.74, 6) is 0. The molecule has 0 fully saturated rings. The fourth-order valence-corrected chi connectivity index (χ4v) is 3.99. The fraction of sp³-hybridized carbons (Fsp3) is 0.500. The molecule has 1 N–H and O–H groups in total. The molecule has 0 saturated heterocycles. The number of nitrogens with one attached hydrogen (secondary N) is 1. The molecule has 114 valence electrons. The second kappa shape index (κ2) is 8.06. The predicted octanol–water partition coefficient (Wildman–Crippen LogP) is 5.16. The van der Waals surface area contributed by atoms with Gasteiger partial charge in [0.2, 0.25) is 10.0 Å². The van der Waals surface area contributed by atoms with Crippen LogP contribution in [0, 0.1) is 0 Å². The Labute approximate surface area is 139 Å². The first-order valence-electron chi connectivity index (χ1n) is 6.14. The molecule has 0 aliphatic heterocycles. The van der Waals surface area contributed by atoms with Gasteiger partial charge in [0.15, 0.2) is 0 Å². The Hall–Kier alpha value is 0.290. The van der Waals surface area contributed by atoms with E-state index in [4.69, 9.17) is 46.4 Å². The van der Waals surface area contributed by atoms with Crippen LogP contribution in [0.2, 0.25) is 20.1 Å². The highest BCUT2D eigenvalue weighted by atomic mass is 35.5. The van der Waals surface area contributed by atoms with E-state index in [0.717, 1.165) is 25.7 Å². The third-order valence-corrected chi connectivity index (χ3v) is 6.03. The summed E-state index contributed by atoms with van der Waals surface area (Å²) in [4.78, 5) is -0.158. The molecule has 3 nitrogen and oxygen atoms in total. The van der Waals surface area contributed by atoms with Crippen LogP contribution in [0.15, 0.2) is 11.0 Å². The molecule has 8 heteroatoms. The summed E-state index contributed by atoms with van der Waals surface area (Å²) in [6.45, 7) is 2.43. The van der Waals surface area contributed by atoms with Crippen molar-refractivity contribution in [2.75, 3.05) is 6.54 Å². The minimum Gasteiger partial charge on any atom is -0.211 e. The van der Waals surface area contributed by atoms with Crippen LogP contribution in [0.25, 0.3) is 0 Å². The van der Waals surface area contributed by atoms with Gasteiger partial charge in [0.1, 0.15) is 4.90 Å². The number of halogens is 4. The Balaban J connectivity index is 2.88. The van der Waals surface area contributed by atoms with Crippen molar-refractivity contribution in [1.82, 2.24) is 4.72 Å². The van der Waals surface area contributed by atoms with Crippen molar-refractivity contribution in [1.29, 1.82) is 0 Å². The summed E-state index contributed by atoms with van der Waals surface area (Å²) in [7, 11) is -3.75. The molecule has 0 radical (unpaired) electrons. The lowest BCUT2D eigenvalue weighted by molar-refractivity contribution is 0.573. The lowest BCUT2D eigenvalue weighted by Gasteiger charge is -2.11. The third kappa shape index (κ3) is 4.65. The zero-order valence-corrected chi connectivity index (χ0v) is 14.7. The van der Waals surface area contributed by atoms with Crippen LogP contribution >= 0.6 is 46.4 Å². The number of sulfonamides is 1. The van der Waals surface area contributed by atoms with Gasteiger partial charge in [0.25, 0.3) is 0 Å². The summed E-state index contributed by atoms with van der Waals surface area (Å²) in [6, 6.07) is 1.20. The topological polar surface area (TPSA) is 46.2 Å². The lowest BCUT2D eigenvalue weighted by Crippen LogP contribution is -2.25. The number of benzene rings is 1. The molecule has 1 aromatic carbocycles. The molecule has 0 aliphatic carbocycles. The van der Waals surface area contributed by atoms with Crippen molar-refractivity contribution < 1.29 is 8.42 Å². The molecule has 0 amide bonds. The molecule has 1 rings (SSSR count). The molecule has 0 atom stereocenters. The van der Waals surface area contributed by atoms with Crippen LogP contribution in [0.5, 0.6) is 0 Å². The molecule has 0 bridgehead atoms. The van der Waals surface area contributed by atoms with Crippen LogP contribution in [-0.4, -0.2) is 15.0 Å². The van der Waals surface area contributed by atoms with E-state index < -0.39 is 10.0 Å². The van der Waals surface area contributed by atoms with Gasteiger partial charge in [0, 0.05) is 6.54 Å². The highest BCUT2D eigenvalue weighted by Crippen LogP contribution is 2.39. The summed E-state index contributed by atoms with van der Waals surface area (Å²) < 4.78 is 26.8. The highest BCUT2D eigenvalue weighted by molar-refractivity contribution is 7.89. The van der Waals surface area contributed by atoms with Crippen LogP contribution in [-0.2, 0) is 10.0 Å². The summed E-state index contributed by atoms with van der Waals surface area (Å²) in [6.07, 6.45) is 3.89. The normalized spacial score (nSPS) is 11.8. The average molecular weight is 379 g/mol. The van der Waals surface area contributed by atoms with Crippen LogP contribution in [0.1, 0.15) is 32.6 Å². The number of unbranched alkanes of at least 4 members (excludes halogenated alkanes) is 3. The van der Waals surface area contributed by atoms with Crippen molar-refractivity contribution in [3.8, 4) is 0 Å². The van der Waals surface area contributed by atoms with Crippen molar-refractivity contribution in [3.63, 3.8) is 0 Å². The van der Waals surface area contributed by atoms with Gasteiger partial charge in [-0.15, -0.1) is 0 Å². The first-order chi connectivity index (χ1) is 9.31. The highest BCUT2D eigenvalue weighted by Gasteiger charge is 2.22. The van der Waals surface area contributed by atoms with Gasteiger partial charge in [-0.2, -0.15) is 0 Å². The monoisotopic (exact) mass is 377 g/mol. The van der Waals surface area contributed by atoms with E-state index in [2.05, 4.69) is 11.6 Å². The molecule has 0 aliphatic rings. The van der Waals surface area contributed by atoms with E-state index in [-0.39, 0.29) is 25.0 Å². The molecule has 0 spiro atoms. The second-order valence-electron chi connectivity index (χ2n) is 4.26. The van der Waals surface area contributed by atoms with Crippen LogP contribution in [0.4, 0.5) is 0 Å². The van der Waals surface area contributed by atoms with E-state index in [1.165, 1.54) is 6.07 Å². The maximum atomic E-state index is 12.1. The number of rotatable bonds is 7. The third-order valence-electron chi connectivity index (χ3n) is 2.68. The van der Waals surface area contributed by atoms with Crippen LogP contribution in [0.3, 0.4) is 0 Å². The molecule has 0 aromatic heterocycles. The molecule has 20 heavy (non-hydrogen) atoms. The van der Waals surface area contributed by atoms with Crippen LogP contribution < -0.4 is 4.72 Å². The summed E-state index contributed by atoms with van der Waals surface area (Å²) in [5, 5.41) is -0.0954. The largest absolute Gasteiger partial charge is 0.242 e. The van der Waals surface area contributed by atoms with E-state index in [0.29, 0.717) is 6.54 Å². The Bertz CT molecular complexity index is 575. The van der Waals surface area contributed by atoms with E-state index >= 15 is 0 Å².